The zero-order chi connectivity index (χ0) is 26.2. The number of hydrogen-bond acceptors (Lipinski definition) is 5. The molecule has 37 heavy (non-hydrogen) atoms. The average Bonchev–Trinajstić information content (AvgIpc) is 3.36. The Morgan fingerprint density at radius 3 is 2.30 bits per heavy atom. The molecule has 0 atom stereocenters. The molecular formula is C29H29N3O3S2. The van der Waals surface area contributed by atoms with Gasteiger partial charge in [-0.2, -0.15) is 4.31 Å². The maximum absolute atomic E-state index is 13.2. The molecular weight excluding hydrogens is 502 g/mol. The van der Waals surface area contributed by atoms with E-state index in [1.54, 1.807) is 12.1 Å². The Morgan fingerprint density at radius 1 is 0.946 bits per heavy atom. The van der Waals surface area contributed by atoms with Gasteiger partial charge in [-0.15, -0.1) is 11.3 Å². The van der Waals surface area contributed by atoms with Crippen LogP contribution in [0.4, 0.5) is 5.13 Å². The fourth-order valence-electron chi connectivity index (χ4n) is 4.38. The van der Waals surface area contributed by atoms with Crippen molar-refractivity contribution in [3.8, 4) is 11.3 Å². The molecule has 0 spiro atoms. The Hall–Kier alpha value is -3.33. The molecule has 6 nitrogen and oxygen atoms in total. The minimum absolute atomic E-state index is 0.0772. The predicted octanol–water partition coefficient (Wildman–Crippen LogP) is 6.11. The first-order valence-corrected chi connectivity index (χ1v) is 14.5. The molecule has 4 aromatic rings. The normalized spacial score (nSPS) is 14.2. The Morgan fingerprint density at radius 2 is 1.62 bits per heavy atom. The van der Waals surface area contributed by atoms with E-state index in [1.807, 2.05) is 41.8 Å². The lowest BCUT2D eigenvalue weighted by atomic mass is 9.86. The molecule has 2 heterocycles. The molecule has 1 aromatic heterocycles. The highest BCUT2D eigenvalue weighted by Gasteiger charge is 2.28. The number of hydrogen-bond donors (Lipinski definition) is 1. The number of carbonyl (C=O) groups excluding carboxylic acids is 1. The van der Waals surface area contributed by atoms with Gasteiger partial charge in [-0.1, -0.05) is 69.3 Å². The standard InChI is InChI=1S/C29H29N3O3S2/c1-29(2,3)24-12-8-21(9-13-24)26-19-36-28(30-26)31-27(33)22-10-14-25(15-11-22)37(34,35)32-17-16-20-6-4-5-7-23(20)18-32/h4-15,19H,16-18H2,1-3H3,(H,30,31,33). The van der Waals surface area contributed by atoms with Gasteiger partial charge in [0, 0.05) is 29.6 Å². The van der Waals surface area contributed by atoms with Crippen LogP contribution in [0.15, 0.2) is 83.1 Å². The van der Waals surface area contributed by atoms with Crippen LogP contribution in [-0.2, 0) is 28.4 Å². The van der Waals surface area contributed by atoms with E-state index in [2.05, 4.69) is 43.2 Å². The summed E-state index contributed by atoms with van der Waals surface area (Å²) in [5.74, 6) is -0.333. The van der Waals surface area contributed by atoms with Crippen molar-refractivity contribution < 1.29 is 13.2 Å². The van der Waals surface area contributed by atoms with Gasteiger partial charge in [0.1, 0.15) is 0 Å². The number of rotatable bonds is 5. The van der Waals surface area contributed by atoms with Gasteiger partial charge in [0.2, 0.25) is 10.0 Å². The minimum Gasteiger partial charge on any atom is -0.298 e. The number of carbonyl (C=O) groups is 1. The fourth-order valence-corrected chi connectivity index (χ4v) is 6.51. The van der Waals surface area contributed by atoms with Gasteiger partial charge in [-0.3, -0.25) is 10.1 Å². The van der Waals surface area contributed by atoms with E-state index < -0.39 is 10.0 Å². The summed E-state index contributed by atoms with van der Waals surface area (Å²) in [5.41, 5.74) is 5.69. The van der Waals surface area contributed by atoms with Crippen molar-refractivity contribution in [3.05, 3.63) is 100 Å². The van der Waals surface area contributed by atoms with Gasteiger partial charge >= 0.3 is 0 Å². The van der Waals surface area contributed by atoms with Gasteiger partial charge < -0.3 is 0 Å². The van der Waals surface area contributed by atoms with E-state index in [0.29, 0.717) is 30.2 Å². The summed E-state index contributed by atoms with van der Waals surface area (Å²) in [4.78, 5) is 17.5. The lowest BCUT2D eigenvalue weighted by Crippen LogP contribution is -2.35. The smallest absolute Gasteiger partial charge is 0.257 e. The molecule has 1 N–H and O–H groups in total. The van der Waals surface area contributed by atoms with E-state index in [9.17, 15) is 13.2 Å². The fraction of sp³-hybridized carbons (Fsp3) is 0.241. The van der Waals surface area contributed by atoms with Crippen LogP contribution in [0.3, 0.4) is 0 Å². The largest absolute Gasteiger partial charge is 0.298 e. The molecule has 1 amide bonds. The second kappa shape index (κ2) is 9.85. The zero-order valence-corrected chi connectivity index (χ0v) is 22.7. The number of benzene rings is 3. The van der Waals surface area contributed by atoms with Gasteiger partial charge in [0.15, 0.2) is 5.13 Å². The lowest BCUT2D eigenvalue weighted by Gasteiger charge is -2.28. The number of sulfonamides is 1. The summed E-state index contributed by atoms with van der Waals surface area (Å²) in [7, 11) is -3.65. The molecule has 0 radical (unpaired) electrons. The van der Waals surface area contributed by atoms with Crippen molar-refractivity contribution >= 4 is 32.4 Å². The Bertz CT molecular complexity index is 1530. The second-order valence-corrected chi connectivity index (χ2v) is 13.0. The summed E-state index contributed by atoms with van der Waals surface area (Å²) in [6, 6.07) is 22.3. The summed E-state index contributed by atoms with van der Waals surface area (Å²) in [5, 5.41) is 5.23. The second-order valence-electron chi connectivity index (χ2n) is 10.2. The number of nitrogens with zero attached hydrogens (tertiary/aromatic N) is 2. The third kappa shape index (κ3) is 5.37. The Labute approximate surface area is 222 Å². The van der Waals surface area contributed by atoms with Crippen molar-refractivity contribution in [1.82, 2.24) is 9.29 Å². The molecule has 1 aliphatic heterocycles. The van der Waals surface area contributed by atoms with Crippen LogP contribution < -0.4 is 5.32 Å². The molecule has 1 aliphatic rings. The number of fused-ring (bicyclic) bond motifs is 1. The van der Waals surface area contributed by atoms with Crippen molar-refractivity contribution in [2.75, 3.05) is 11.9 Å². The van der Waals surface area contributed by atoms with Crippen LogP contribution >= 0.6 is 11.3 Å². The molecule has 0 unspecified atom stereocenters. The molecule has 0 fully saturated rings. The maximum atomic E-state index is 13.2. The molecule has 0 bridgehead atoms. The van der Waals surface area contributed by atoms with E-state index >= 15 is 0 Å². The summed E-state index contributed by atoms with van der Waals surface area (Å²) in [6.45, 7) is 7.31. The van der Waals surface area contributed by atoms with E-state index in [-0.39, 0.29) is 16.2 Å². The van der Waals surface area contributed by atoms with Crippen molar-refractivity contribution in [2.24, 2.45) is 0 Å². The maximum Gasteiger partial charge on any atom is 0.257 e. The van der Waals surface area contributed by atoms with Crippen LogP contribution in [0, 0.1) is 0 Å². The highest BCUT2D eigenvalue weighted by atomic mass is 32.2. The minimum atomic E-state index is -3.65. The average molecular weight is 532 g/mol. The van der Waals surface area contributed by atoms with Gasteiger partial charge in [-0.25, -0.2) is 13.4 Å². The first kappa shape index (κ1) is 25.3. The third-order valence-corrected chi connectivity index (χ3v) is 9.24. The summed E-state index contributed by atoms with van der Waals surface area (Å²) < 4.78 is 27.9. The van der Waals surface area contributed by atoms with Crippen molar-refractivity contribution in [3.63, 3.8) is 0 Å². The quantitative estimate of drug-likeness (QED) is 0.337. The molecule has 190 valence electrons. The Kier molecular flexibility index (Phi) is 6.74. The van der Waals surface area contributed by atoms with E-state index in [4.69, 9.17) is 0 Å². The van der Waals surface area contributed by atoms with Crippen LogP contribution in [0.1, 0.15) is 47.8 Å². The third-order valence-electron chi connectivity index (χ3n) is 6.62. The number of nitrogens with one attached hydrogen (secondary N) is 1. The van der Waals surface area contributed by atoms with E-state index in [0.717, 1.165) is 16.8 Å². The topological polar surface area (TPSA) is 79.4 Å². The molecule has 3 aromatic carbocycles. The number of anilines is 1. The van der Waals surface area contributed by atoms with Crippen molar-refractivity contribution in [2.45, 2.75) is 44.0 Å². The first-order chi connectivity index (χ1) is 17.6. The Balaban J connectivity index is 1.26. The van der Waals surface area contributed by atoms with Crippen LogP contribution in [0.5, 0.6) is 0 Å². The van der Waals surface area contributed by atoms with Gasteiger partial charge in [0.25, 0.3) is 5.91 Å². The molecule has 8 heteroatoms. The zero-order valence-electron chi connectivity index (χ0n) is 21.1. The van der Waals surface area contributed by atoms with E-state index in [1.165, 1.54) is 38.9 Å². The van der Waals surface area contributed by atoms with Crippen LogP contribution in [0.2, 0.25) is 0 Å². The van der Waals surface area contributed by atoms with Gasteiger partial charge in [0.05, 0.1) is 10.6 Å². The highest BCUT2D eigenvalue weighted by molar-refractivity contribution is 7.89. The highest BCUT2D eigenvalue weighted by Crippen LogP contribution is 2.29. The molecule has 0 saturated carbocycles. The van der Waals surface area contributed by atoms with Gasteiger partial charge in [-0.05, 0) is 52.8 Å². The first-order valence-electron chi connectivity index (χ1n) is 12.2. The number of amides is 1. The SMILES string of the molecule is CC(C)(C)c1ccc(-c2csc(NC(=O)c3ccc(S(=O)(=O)N4CCc5ccccc5C4)cc3)n2)cc1. The molecule has 0 saturated heterocycles. The molecule has 5 rings (SSSR count). The number of aromatic nitrogens is 1. The van der Waals surface area contributed by atoms with Crippen LogP contribution in [-0.4, -0.2) is 30.2 Å². The summed E-state index contributed by atoms with van der Waals surface area (Å²) >= 11 is 1.35. The monoisotopic (exact) mass is 531 g/mol. The summed E-state index contributed by atoms with van der Waals surface area (Å²) in [6.07, 6.45) is 0.687. The molecule has 0 aliphatic carbocycles. The van der Waals surface area contributed by atoms with Crippen LogP contribution in [0.25, 0.3) is 11.3 Å². The predicted molar refractivity (Wildman–Crippen MR) is 148 cm³/mol. The lowest BCUT2D eigenvalue weighted by molar-refractivity contribution is 0.102. The van der Waals surface area contributed by atoms with Crippen molar-refractivity contribution in [1.29, 1.82) is 0 Å². The number of thiazole rings is 1.